The molecule has 0 aliphatic carbocycles. The Labute approximate surface area is 224 Å². The number of nitrogens with one attached hydrogen (secondary N) is 1. The van der Waals surface area contributed by atoms with Crippen LogP contribution in [0.4, 0.5) is 10.1 Å². The molecule has 2 aliphatic rings. The van der Waals surface area contributed by atoms with Gasteiger partial charge in [0.15, 0.2) is 0 Å². The molecule has 6 nitrogen and oxygen atoms in total. The van der Waals surface area contributed by atoms with Crippen LogP contribution in [0, 0.1) is 11.7 Å². The smallest absolute Gasteiger partial charge is 0.305 e. The minimum Gasteiger partial charge on any atom is -0.489 e. The van der Waals surface area contributed by atoms with Crippen molar-refractivity contribution < 1.29 is 18.7 Å². The van der Waals surface area contributed by atoms with Crippen LogP contribution in [0.1, 0.15) is 21.9 Å². The third-order valence-corrected chi connectivity index (χ3v) is 9.12. The van der Waals surface area contributed by atoms with E-state index in [0.29, 0.717) is 31.9 Å². The van der Waals surface area contributed by atoms with Gasteiger partial charge in [-0.25, -0.2) is 9.29 Å². The molecule has 2 amide bonds. The fourth-order valence-corrected chi connectivity index (χ4v) is 7.44. The summed E-state index contributed by atoms with van der Waals surface area (Å²) in [4.78, 5) is 44.1. The number of nitrogens with zero attached hydrogens (tertiary/aromatic N) is 1. The zero-order chi connectivity index (χ0) is 25.7. The number of aromatic amines is 1. The molecule has 0 saturated carbocycles. The number of ether oxygens (including phenoxy) is 1. The SMILES string of the molecule is O=C1C2Sc3[nH]c(=O)sc3C(c3ccccc3OCc3ccc(Cl)cc3)C2C(=O)N1c1ccc(F)cc1. The van der Waals surface area contributed by atoms with Gasteiger partial charge < -0.3 is 9.72 Å². The maximum Gasteiger partial charge on any atom is 0.305 e. The minimum absolute atomic E-state index is 0.252. The van der Waals surface area contributed by atoms with Gasteiger partial charge in [0.25, 0.3) is 0 Å². The van der Waals surface area contributed by atoms with Crippen LogP contribution in [0.2, 0.25) is 5.02 Å². The molecule has 3 unspecified atom stereocenters. The monoisotopic (exact) mass is 552 g/mol. The van der Waals surface area contributed by atoms with Crippen molar-refractivity contribution in [3.8, 4) is 5.75 Å². The van der Waals surface area contributed by atoms with Gasteiger partial charge in [0.05, 0.1) is 16.6 Å². The van der Waals surface area contributed by atoms with E-state index in [4.69, 9.17) is 16.3 Å². The number of halogens is 2. The topological polar surface area (TPSA) is 79.5 Å². The van der Waals surface area contributed by atoms with Crippen molar-refractivity contribution >= 4 is 52.2 Å². The van der Waals surface area contributed by atoms with E-state index in [1.165, 1.54) is 36.0 Å². The van der Waals surface area contributed by atoms with E-state index in [0.717, 1.165) is 21.8 Å². The Morgan fingerprint density at radius 3 is 2.43 bits per heavy atom. The number of benzene rings is 3. The first kappa shape index (κ1) is 24.0. The zero-order valence-electron chi connectivity index (χ0n) is 19.0. The van der Waals surface area contributed by atoms with Gasteiger partial charge in [-0.15, -0.1) is 0 Å². The van der Waals surface area contributed by atoms with Crippen molar-refractivity contribution in [2.24, 2.45) is 5.92 Å². The molecule has 10 heteroatoms. The van der Waals surface area contributed by atoms with Crippen molar-refractivity contribution in [3.63, 3.8) is 0 Å². The average molecular weight is 553 g/mol. The average Bonchev–Trinajstić information content (AvgIpc) is 3.39. The number of rotatable bonds is 5. The van der Waals surface area contributed by atoms with Crippen LogP contribution in [-0.4, -0.2) is 22.0 Å². The van der Waals surface area contributed by atoms with Crippen LogP contribution in [0.3, 0.4) is 0 Å². The van der Waals surface area contributed by atoms with E-state index in [2.05, 4.69) is 4.98 Å². The zero-order valence-corrected chi connectivity index (χ0v) is 21.4. The van der Waals surface area contributed by atoms with Crippen LogP contribution in [0.5, 0.6) is 5.75 Å². The molecule has 3 atom stereocenters. The Bertz CT molecular complexity index is 1570. The Kier molecular flexibility index (Phi) is 6.14. The van der Waals surface area contributed by atoms with Crippen molar-refractivity contribution in [3.05, 3.63) is 109 Å². The summed E-state index contributed by atoms with van der Waals surface area (Å²) in [6.45, 7) is 0.272. The molecule has 0 spiro atoms. The molecule has 1 aromatic heterocycles. The lowest BCUT2D eigenvalue weighted by molar-refractivity contribution is -0.122. The van der Waals surface area contributed by atoms with Gasteiger partial charge in [-0.1, -0.05) is 65.0 Å². The largest absolute Gasteiger partial charge is 0.489 e. The molecule has 0 bridgehead atoms. The van der Waals surface area contributed by atoms with Gasteiger partial charge in [-0.3, -0.25) is 14.4 Å². The summed E-state index contributed by atoms with van der Waals surface area (Å²) in [6, 6.07) is 19.9. The van der Waals surface area contributed by atoms with Crippen LogP contribution in [0.15, 0.2) is 82.6 Å². The number of imide groups is 1. The number of fused-ring (bicyclic) bond motifs is 2. The molecule has 6 rings (SSSR count). The summed E-state index contributed by atoms with van der Waals surface area (Å²) in [5, 5.41) is 0.459. The molecular weight excluding hydrogens is 535 g/mol. The molecule has 37 heavy (non-hydrogen) atoms. The molecule has 0 radical (unpaired) electrons. The summed E-state index contributed by atoms with van der Waals surface area (Å²) in [6.07, 6.45) is 0. The Hall–Kier alpha value is -3.40. The van der Waals surface area contributed by atoms with Gasteiger partial charge >= 0.3 is 4.87 Å². The number of thiazole rings is 1. The summed E-state index contributed by atoms with van der Waals surface area (Å²) in [5.74, 6) is -2.03. The van der Waals surface area contributed by atoms with Gasteiger partial charge in [-0.2, -0.15) is 0 Å². The summed E-state index contributed by atoms with van der Waals surface area (Å²) < 4.78 is 19.7. The molecular formula is C27H18ClFN2O4S2. The first-order valence-electron chi connectivity index (χ1n) is 11.4. The number of carbonyl (C=O) groups is 2. The molecule has 4 aromatic rings. The highest BCUT2D eigenvalue weighted by molar-refractivity contribution is 8.00. The third kappa shape index (κ3) is 4.27. The second-order valence-electron chi connectivity index (χ2n) is 8.69. The highest BCUT2D eigenvalue weighted by atomic mass is 35.5. The standard InChI is InChI=1S/C27H18ClFN2O4S2/c28-15-7-5-14(6-8-15)13-35-19-4-2-1-3-18(19)20-21-23(36-24-22(20)37-27(34)30-24)26(33)31(25(21)32)17-11-9-16(29)10-12-17/h1-12,20-21,23H,13H2,(H,30,34). The normalized spacial score (nSPS) is 20.6. The van der Waals surface area contributed by atoms with Gasteiger partial charge in [0, 0.05) is 21.4 Å². The van der Waals surface area contributed by atoms with Gasteiger partial charge in [0.2, 0.25) is 11.8 Å². The molecule has 1 N–H and O–H groups in total. The maximum absolute atomic E-state index is 13.8. The van der Waals surface area contributed by atoms with E-state index < -0.39 is 34.7 Å². The van der Waals surface area contributed by atoms with E-state index in [1.54, 1.807) is 12.1 Å². The van der Waals surface area contributed by atoms with E-state index in [-0.39, 0.29) is 11.5 Å². The Balaban J connectivity index is 1.41. The van der Waals surface area contributed by atoms with Crippen molar-refractivity contribution in [2.45, 2.75) is 22.8 Å². The summed E-state index contributed by atoms with van der Waals surface area (Å²) in [7, 11) is 0. The van der Waals surface area contributed by atoms with E-state index in [1.807, 2.05) is 36.4 Å². The number of hydrogen-bond donors (Lipinski definition) is 1. The lowest BCUT2D eigenvalue weighted by atomic mass is 9.82. The summed E-state index contributed by atoms with van der Waals surface area (Å²) in [5.41, 5.74) is 1.94. The third-order valence-electron chi connectivity index (χ3n) is 6.47. The molecule has 186 valence electrons. The lowest BCUT2D eigenvalue weighted by Gasteiger charge is -2.30. The second-order valence-corrected chi connectivity index (χ2v) is 11.3. The second kappa shape index (κ2) is 9.48. The van der Waals surface area contributed by atoms with Gasteiger partial charge in [-0.05, 0) is 48.0 Å². The van der Waals surface area contributed by atoms with Gasteiger partial charge in [0.1, 0.15) is 23.4 Å². The molecule has 1 fully saturated rings. The van der Waals surface area contributed by atoms with Crippen LogP contribution in [-0.2, 0) is 16.2 Å². The highest BCUT2D eigenvalue weighted by Crippen LogP contribution is 2.54. The number of H-pyrrole nitrogens is 1. The quantitative estimate of drug-likeness (QED) is 0.326. The number of aromatic nitrogens is 1. The maximum atomic E-state index is 13.8. The number of hydrogen-bond acceptors (Lipinski definition) is 6. The van der Waals surface area contributed by atoms with Crippen LogP contribution >= 0.6 is 34.7 Å². The first-order valence-corrected chi connectivity index (χ1v) is 13.5. The number of amides is 2. The molecule has 3 heterocycles. The number of thioether (sulfide) groups is 1. The van der Waals surface area contributed by atoms with Crippen LogP contribution < -0.4 is 14.5 Å². The molecule has 1 saturated heterocycles. The minimum atomic E-state index is -0.762. The fourth-order valence-electron chi connectivity index (χ4n) is 4.81. The number of carbonyl (C=O) groups excluding carboxylic acids is 2. The lowest BCUT2D eigenvalue weighted by Crippen LogP contribution is -2.32. The summed E-state index contributed by atoms with van der Waals surface area (Å²) >= 11 is 8.22. The predicted molar refractivity (Wildman–Crippen MR) is 141 cm³/mol. The van der Waals surface area contributed by atoms with Crippen molar-refractivity contribution in [1.29, 1.82) is 0 Å². The van der Waals surface area contributed by atoms with E-state index >= 15 is 0 Å². The van der Waals surface area contributed by atoms with Crippen molar-refractivity contribution in [1.82, 2.24) is 4.98 Å². The molecule has 3 aromatic carbocycles. The predicted octanol–water partition coefficient (Wildman–Crippen LogP) is 5.60. The number of para-hydroxylation sites is 1. The first-order chi connectivity index (χ1) is 17.9. The number of anilines is 1. The molecule has 2 aliphatic heterocycles. The Morgan fingerprint density at radius 2 is 1.68 bits per heavy atom. The fraction of sp³-hybridized carbons (Fsp3) is 0.148. The van der Waals surface area contributed by atoms with E-state index in [9.17, 15) is 18.8 Å². The Morgan fingerprint density at radius 1 is 0.946 bits per heavy atom. The highest BCUT2D eigenvalue weighted by Gasteiger charge is 2.56. The van der Waals surface area contributed by atoms with Crippen molar-refractivity contribution in [2.75, 3.05) is 4.90 Å². The van der Waals surface area contributed by atoms with Crippen LogP contribution in [0.25, 0.3) is 0 Å².